The van der Waals surface area contributed by atoms with E-state index < -0.39 is 11.8 Å². The Morgan fingerprint density at radius 1 is 1.10 bits per heavy atom. The van der Waals surface area contributed by atoms with E-state index in [0.717, 1.165) is 27.8 Å². The Bertz CT molecular complexity index is 1010. The van der Waals surface area contributed by atoms with E-state index in [2.05, 4.69) is 6.07 Å². The highest BCUT2D eigenvalue weighted by atomic mass is 16.2. The first kappa shape index (κ1) is 20.7. The number of hydrogen-bond acceptors (Lipinski definition) is 4. The minimum absolute atomic E-state index is 0.0399. The van der Waals surface area contributed by atoms with Crippen molar-refractivity contribution >= 4 is 17.3 Å². The zero-order valence-electron chi connectivity index (χ0n) is 17.1. The summed E-state index contributed by atoms with van der Waals surface area (Å²) < 4.78 is 0. The second-order valence-corrected chi connectivity index (χ2v) is 8.03. The van der Waals surface area contributed by atoms with E-state index in [4.69, 9.17) is 5.26 Å². The van der Waals surface area contributed by atoms with Crippen LogP contribution in [0.25, 0.3) is 0 Å². The summed E-state index contributed by atoms with van der Waals surface area (Å²) in [6.45, 7) is 5.86. The van der Waals surface area contributed by atoms with Crippen molar-refractivity contribution in [3.05, 3.63) is 69.8 Å². The number of carbonyl (C=O) groups excluding carboxylic acids is 3. The first-order valence-electron chi connectivity index (χ1n) is 9.95. The van der Waals surface area contributed by atoms with Gasteiger partial charge in [-0.3, -0.25) is 14.4 Å². The van der Waals surface area contributed by atoms with Gasteiger partial charge in [-0.05, 0) is 55.5 Å². The molecule has 1 aliphatic rings. The molecule has 0 heterocycles. The topological polar surface area (TPSA) is 75.0 Å². The summed E-state index contributed by atoms with van der Waals surface area (Å²) in [4.78, 5) is 38.2. The molecule has 4 nitrogen and oxygen atoms in total. The Balaban J connectivity index is 1.69. The SMILES string of the molecule is Cc1cc(C)c(C2C(=O)CC(CC(=O)CCc3ccccc3C#N)C2=O)c(C)c1. The molecule has 29 heavy (non-hydrogen) atoms. The fourth-order valence-electron chi connectivity index (χ4n) is 4.48. The summed E-state index contributed by atoms with van der Waals surface area (Å²) in [6, 6.07) is 13.3. The van der Waals surface area contributed by atoms with Crippen molar-refractivity contribution < 1.29 is 14.4 Å². The van der Waals surface area contributed by atoms with Gasteiger partial charge in [0.15, 0.2) is 5.78 Å². The zero-order valence-corrected chi connectivity index (χ0v) is 17.1. The van der Waals surface area contributed by atoms with E-state index in [-0.39, 0.29) is 36.6 Å². The maximum Gasteiger partial charge on any atom is 0.151 e. The molecule has 2 unspecified atom stereocenters. The van der Waals surface area contributed by atoms with Crippen LogP contribution < -0.4 is 0 Å². The number of hydrogen-bond donors (Lipinski definition) is 0. The molecular formula is C25H25NO3. The molecule has 0 bridgehead atoms. The molecule has 0 N–H and O–H groups in total. The van der Waals surface area contributed by atoms with Gasteiger partial charge in [0.25, 0.3) is 0 Å². The minimum atomic E-state index is -0.743. The molecule has 0 aliphatic heterocycles. The number of ketones is 3. The molecule has 4 heteroatoms. The zero-order chi connectivity index (χ0) is 21.1. The van der Waals surface area contributed by atoms with Gasteiger partial charge in [0.1, 0.15) is 17.5 Å². The molecule has 0 spiro atoms. The first-order chi connectivity index (χ1) is 13.8. The maximum absolute atomic E-state index is 13.0. The molecule has 0 radical (unpaired) electrons. The lowest BCUT2D eigenvalue weighted by Gasteiger charge is -2.16. The van der Waals surface area contributed by atoms with Crippen molar-refractivity contribution in [1.82, 2.24) is 0 Å². The molecule has 0 aromatic heterocycles. The van der Waals surface area contributed by atoms with Gasteiger partial charge in [0, 0.05) is 25.2 Å². The molecule has 148 valence electrons. The first-order valence-corrected chi connectivity index (χ1v) is 9.95. The van der Waals surface area contributed by atoms with E-state index in [9.17, 15) is 14.4 Å². The summed E-state index contributed by atoms with van der Waals surface area (Å²) in [5.74, 6) is -1.53. The van der Waals surface area contributed by atoms with Crippen molar-refractivity contribution in [3.63, 3.8) is 0 Å². The highest BCUT2D eigenvalue weighted by Crippen LogP contribution is 2.37. The van der Waals surface area contributed by atoms with Crippen LogP contribution in [0.3, 0.4) is 0 Å². The summed E-state index contributed by atoms with van der Waals surface area (Å²) in [5.41, 5.74) is 5.22. The van der Waals surface area contributed by atoms with Gasteiger partial charge in [-0.2, -0.15) is 5.26 Å². The smallest absolute Gasteiger partial charge is 0.151 e. The molecule has 0 amide bonds. The van der Waals surface area contributed by atoms with Crippen molar-refractivity contribution in [1.29, 1.82) is 5.26 Å². The van der Waals surface area contributed by atoms with Crippen LogP contribution in [-0.2, 0) is 20.8 Å². The lowest BCUT2D eigenvalue weighted by molar-refractivity contribution is -0.127. The number of nitrogens with zero attached hydrogens (tertiary/aromatic N) is 1. The normalized spacial score (nSPS) is 18.7. The summed E-state index contributed by atoms with van der Waals surface area (Å²) in [5, 5.41) is 9.16. The van der Waals surface area contributed by atoms with Crippen LogP contribution in [-0.4, -0.2) is 17.3 Å². The third kappa shape index (κ3) is 4.35. The number of aryl methyl sites for hydroxylation is 4. The lowest BCUT2D eigenvalue weighted by Crippen LogP contribution is -2.19. The van der Waals surface area contributed by atoms with E-state index in [1.165, 1.54) is 0 Å². The Morgan fingerprint density at radius 3 is 2.41 bits per heavy atom. The maximum atomic E-state index is 13.0. The number of carbonyl (C=O) groups is 3. The number of Topliss-reactive ketones (excluding diaryl/α,β-unsaturated/α-hetero) is 3. The van der Waals surface area contributed by atoms with E-state index in [1.54, 1.807) is 12.1 Å². The van der Waals surface area contributed by atoms with Crippen LogP contribution >= 0.6 is 0 Å². The third-order valence-electron chi connectivity index (χ3n) is 5.77. The van der Waals surface area contributed by atoms with Crippen molar-refractivity contribution in [2.45, 2.75) is 52.4 Å². The fourth-order valence-corrected chi connectivity index (χ4v) is 4.48. The second kappa shape index (κ2) is 8.53. The molecule has 1 saturated carbocycles. The second-order valence-electron chi connectivity index (χ2n) is 8.03. The standard InChI is InChI=1S/C25H25NO3/c1-15-10-16(2)23(17(3)11-15)24-22(28)13-20(25(24)29)12-21(27)9-8-18-6-4-5-7-19(18)14-26/h4-7,10-11,20,24H,8-9,12-13H2,1-3H3. The number of benzene rings is 2. The molecule has 2 aromatic rings. The van der Waals surface area contributed by atoms with E-state index in [1.807, 2.05) is 45.0 Å². The molecule has 2 aromatic carbocycles. The Morgan fingerprint density at radius 2 is 1.76 bits per heavy atom. The predicted molar refractivity (Wildman–Crippen MR) is 111 cm³/mol. The average Bonchev–Trinajstić information content (AvgIpc) is 2.93. The van der Waals surface area contributed by atoms with E-state index in [0.29, 0.717) is 12.0 Å². The monoisotopic (exact) mass is 387 g/mol. The summed E-state index contributed by atoms with van der Waals surface area (Å²) in [7, 11) is 0. The van der Waals surface area contributed by atoms with Crippen molar-refractivity contribution in [3.8, 4) is 6.07 Å². The average molecular weight is 387 g/mol. The van der Waals surface area contributed by atoms with Crippen LogP contribution in [0.2, 0.25) is 0 Å². The molecule has 0 saturated heterocycles. The van der Waals surface area contributed by atoms with Gasteiger partial charge in [-0.1, -0.05) is 35.9 Å². The Hall–Kier alpha value is -3.06. The highest BCUT2D eigenvalue weighted by molar-refractivity contribution is 6.15. The molecular weight excluding hydrogens is 362 g/mol. The molecule has 1 aliphatic carbocycles. The van der Waals surface area contributed by atoms with Gasteiger partial charge in [0.05, 0.1) is 11.6 Å². The Kier molecular flexibility index (Phi) is 6.08. The van der Waals surface area contributed by atoms with Gasteiger partial charge in [-0.25, -0.2) is 0 Å². The van der Waals surface area contributed by atoms with Crippen LogP contribution in [0.4, 0.5) is 0 Å². The molecule has 3 rings (SSSR count). The summed E-state index contributed by atoms with van der Waals surface area (Å²) in [6.07, 6.45) is 0.970. The van der Waals surface area contributed by atoms with Gasteiger partial charge >= 0.3 is 0 Å². The minimum Gasteiger partial charge on any atom is -0.300 e. The van der Waals surface area contributed by atoms with Crippen LogP contribution in [0.5, 0.6) is 0 Å². The fraction of sp³-hybridized carbons (Fsp3) is 0.360. The molecule has 2 atom stereocenters. The third-order valence-corrected chi connectivity index (χ3v) is 5.77. The Labute approximate surface area is 171 Å². The van der Waals surface area contributed by atoms with E-state index >= 15 is 0 Å². The predicted octanol–water partition coefficient (Wildman–Crippen LogP) is 4.32. The van der Waals surface area contributed by atoms with Gasteiger partial charge in [0.2, 0.25) is 0 Å². The number of nitriles is 1. The van der Waals surface area contributed by atoms with Crippen LogP contribution in [0.1, 0.15) is 58.6 Å². The van der Waals surface area contributed by atoms with Crippen LogP contribution in [0, 0.1) is 38.0 Å². The quantitative estimate of drug-likeness (QED) is 0.692. The van der Waals surface area contributed by atoms with Crippen LogP contribution in [0.15, 0.2) is 36.4 Å². The van der Waals surface area contributed by atoms with Crippen molar-refractivity contribution in [2.75, 3.05) is 0 Å². The summed E-state index contributed by atoms with van der Waals surface area (Å²) >= 11 is 0. The largest absolute Gasteiger partial charge is 0.300 e. The van der Waals surface area contributed by atoms with Crippen molar-refractivity contribution in [2.24, 2.45) is 5.92 Å². The van der Waals surface area contributed by atoms with Gasteiger partial charge in [-0.15, -0.1) is 0 Å². The lowest BCUT2D eigenvalue weighted by atomic mass is 9.86. The molecule has 1 fully saturated rings. The number of rotatable bonds is 6. The highest BCUT2D eigenvalue weighted by Gasteiger charge is 2.43. The van der Waals surface area contributed by atoms with Gasteiger partial charge < -0.3 is 0 Å².